The number of aromatic nitrogens is 2. The minimum atomic E-state index is 0.428. The first-order valence-electron chi connectivity index (χ1n) is 5.24. The van der Waals surface area contributed by atoms with Gasteiger partial charge in [0.2, 0.25) is 0 Å². The van der Waals surface area contributed by atoms with E-state index >= 15 is 0 Å². The van der Waals surface area contributed by atoms with E-state index in [1.54, 1.807) is 22.7 Å². The zero-order chi connectivity index (χ0) is 11.4. The highest BCUT2D eigenvalue weighted by molar-refractivity contribution is 7.09. The molecule has 0 saturated carbocycles. The Bertz CT molecular complexity index is 422. The van der Waals surface area contributed by atoms with E-state index in [1.807, 2.05) is 25.5 Å². The smallest absolute Gasteiger partial charge is 0.0943 e. The lowest BCUT2D eigenvalue weighted by Gasteiger charge is -2.12. The molecule has 1 unspecified atom stereocenters. The van der Waals surface area contributed by atoms with Gasteiger partial charge in [0.05, 0.1) is 10.0 Å². The summed E-state index contributed by atoms with van der Waals surface area (Å²) in [6, 6.07) is 0.428. The van der Waals surface area contributed by atoms with Crippen LogP contribution in [0.2, 0.25) is 0 Å². The van der Waals surface area contributed by atoms with Gasteiger partial charge in [0, 0.05) is 41.5 Å². The van der Waals surface area contributed by atoms with Crippen molar-refractivity contribution in [3.8, 4) is 0 Å². The van der Waals surface area contributed by atoms with Gasteiger partial charge in [-0.2, -0.15) is 0 Å². The molecule has 0 fully saturated rings. The number of likely N-dealkylation sites (N-methyl/N-ethyl adjacent to an activating group) is 1. The van der Waals surface area contributed by atoms with Crippen molar-refractivity contribution in [3.63, 3.8) is 0 Å². The van der Waals surface area contributed by atoms with Crippen LogP contribution >= 0.6 is 22.7 Å². The van der Waals surface area contributed by atoms with Gasteiger partial charge in [-0.25, -0.2) is 9.97 Å². The van der Waals surface area contributed by atoms with Crippen LogP contribution in [0.15, 0.2) is 17.0 Å². The quantitative estimate of drug-likeness (QED) is 0.888. The van der Waals surface area contributed by atoms with Crippen LogP contribution in [0.5, 0.6) is 0 Å². The fraction of sp³-hybridized carbons (Fsp3) is 0.455. The normalized spacial score (nSPS) is 12.9. The minimum absolute atomic E-state index is 0.428. The van der Waals surface area contributed by atoms with Crippen LogP contribution in [-0.4, -0.2) is 23.1 Å². The number of hydrogen-bond donors (Lipinski definition) is 1. The molecule has 3 nitrogen and oxygen atoms in total. The molecule has 0 aliphatic heterocycles. The lowest BCUT2D eigenvalue weighted by Crippen LogP contribution is -2.29. The Morgan fingerprint density at radius 2 is 2.12 bits per heavy atom. The maximum absolute atomic E-state index is 4.49. The lowest BCUT2D eigenvalue weighted by atomic mass is 10.1. The Kier molecular flexibility index (Phi) is 4.04. The Balaban J connectivity index is 1.95. The van der Waals surface area contributed by atoms with Gasteiger partial charge >= 0.3 is 0 Å². The van der Waals surface area contributed by atoms with Crippen LogP contribution < -0.4 is 5.32 Å². The summed E-state index contributed by atoms with van der Waals surface area (Å²) >= 11 is 3.45. The third-order valence-electron chi connectivity index (χ3n) is 2.40. The average molecular weight is 253 g/mol. The first-order valence-corrected chi connectivity index (χ1v) is 7.00. The van der Waals surface area contributed by atoms with E-state index in [9.17, 15) is 0 Å². The molecule has 0 aromatic carbocycles. The second-order valence-electron chi connectivity index (χ2n) is 3.70. The summed E-state index contributed by atoms with van der Waals surface area (Å²) in [7, 11) is 2.00. The zero-order valence-electron chi connectivity index (χ0n) is 9.43. The van der Waals surface area contributed by atoms with Crippen LogP contribution in [0.3, 0.4) is 0 Å². The monoisotopic (exact) mass is 253 g/mol. The predicted molar refractivity (Wildman–Crippen MR) is 69.2 cm³/mol. The molecule has 1 N–H and O–H groups in total. The Morgan fingerprint density at radius 3 is 2.69 bits per heavy atom. The van der Waals surface area contributed by atoms with Crippen LogP contribution in [0.1, 0.15) is 15.7 Å². The highest BCUT2D eigenvalue weighted by Gasteiger charge is 2.11. The summed E-state index contributed by atoms with van der Waals surface area (Å²) < 4.78 is 0. The highest BCUT2D eigenvalue weighted by atomic mass is 32.1. The third-order valence-corrected chi connectivity index (χ3v) is 4.19. The Morgan fingerprint density at radius 1 is 1.31 bits per heavy atom. The molecule has 86 valence electrons. The van der Waals surface area contributed by atoms with Gasteiger partial charge in [-0.1, -0.05) is 0 Å². The highest BCUT2D eigenvalue weighted by Crippen LogP contribution is 2.14. The number of nitrogens with zero attached hydrogens (tertiary/aromatic N) is 2. The van der Waals surface area contributed by atoms with Crippen LogP contribution in [0.25, 0.3) is 0 Å². The Labute approximate surface area is 104 Å². The van der Waals surface area contributed by atoms with Gasteiger partial charge in [0.25, 0.3) is 0 Å². The van der Waals surface area contributed by atoms with Gasteiger partial charge in [-0.05, 0) is 14.0 Å². The minimum Gasteiger partial charge on any atom is -0.316 e. The van der Waals surface area contributed by atoms with Gasteiger partial charge in [0.1, 0.15) is 0 Å². The number of nitrogens with one attached hydrogen (secondary N) is 1. The molecule has 2 aromatic heterocycles. The third kappa shape index (κ3) is 3.10. The second-order valence-corrected chi connectivity index (χ2v) is 5.62. The summed E-state index contributed by atoms with van der Waals surface area (Å²) in [5, 5.41) is 9.85. The molecule has 16 heavy (non-hydrogen) atoms. The zero-order valence-corrected chi connectivity index (χ0v) is 11.1. The number of thiazole rings is 2. The van der Waals surface area contributed by atoms with Crippen molar-refractivity contribution in [1.29, 1.82) is 0 Å². The van der Waals surface area contributed by atoms with Crippen molar-refractivity contribution in [3.05, 3.63) is 32.7 Å². The van der Waals surface area contributed by atoms with Crippen molar-refractivity contribution in [2.45, 2.75) is 25.8 Å². The topological polar surface area (TPSA) is 37.8 Å². The molecule has 0 saturated heterocycles. The Hall–Kier alpha value is -0.780. The van der Waals surface area contributed by atoms with E-state index in [2.05, 4.69) is 20.7 Å². The molecule has 5 heteroatoms. The summed E-state index contributed by atoms with van der Waals surface area (Å²) in [4.78, 5) is 8.80. The molecule has 0 amide bonds. The van der Waals surface area contributed by atoms with E-state index in [1.165, 1.54) is 10.0 Å². The van der Waals surface area contributed by atoms with Crippen molar-refractivity contribution in [1.82, 2.24) is 15.3 Å². The molecular weight excluding hydrogens is 238 g/mol. The molecule has 0 aliphatic rings. The molecule has 2 rings (SSSR count). The maximum atomic E-state index is 4.49. The van der Waals surface area contributed by atoms with E-state index < -0.39 is 0 Å². The molecule has 0 aliphatic carbocycles. The lowest BCUT2D eigenvalue weighted by molar-refractivity contribution is 0.553. The van der Waals surface area contributed by atoms with Crippen molar-refractivity contribution < 1.29 is 0 Å². The summed E-state index contributed by atoms with van der Waals surface area (Å²) in [6.45, 7) is 2.04. The average Bonchev–Trinajstić information content (AvgIpc) is 2.89. The van der Waals surface area contributed by atoms with Gasteiger partial charge < -0.3 is 5.32 Å². The second kappa shape index (κ2) is 5.52. The number of rotatable bonds is 5. The van der Waals surface area contributed by atoms with Crippen molar-refractivity contribution in [2.24, 2.45) is 0 Å². The predicted octanol–water partition coefficient (Wildman–Crippen LogP) is 2.28. The van der Waals surface area contributed by atoms with Crippen molar-refractivity contribution in [2.75, 3.05) is 7.05 Å². The SMILES string of the molecule is CNC(Cc1nccs1)Cc1nc(C)cs1. The molecule has 0 spiro atoms. The summed E-state index contributed by atoms with van der Waals surface area (Å²) in [6.07, 6.45) is 3.82. The van der Waals surface area contributed by atoms with Crippen LogP contribution in [0.4, 0.5) is 0 Å². The summed E-state index contributed by atoms with van der Waals surface area (Å²) in [5.41, 5.74) is 1.11. The maximum Gasteiger partial charge on any atom is 0.0943 e. The van der Waals surface area contributed by atoms with Gasteiger partial charge in [-0.3, -0.25) is 0 Å². The van der Waals surface area contributed by atoms with E-state index in [0.29, 0.717) is 6.04 Å². The van der Waals surface area contributed by atoms with E-state index in [-0.39, 0.29) is 0 Å². The van der Waals surface area contributed by atoms with Crippen LogP contribution in [-0.2, 0) is 12.8 Å². The largest absolute Gasteiger partial charge is 0.316 e. The van der Waals surface area contributed by atoms with Crippen LogP contribution in [0, 0.1) is 6.92 Å². The van der Waals surface area contributed by atoms with Gasteiger partial charge in [-0.15, -0.1) is 22.7 Å². The molecule has 2 aromatic rings. The molecule has 0 bridgehead atoms. The van der Waals surface area contributed by atoms with E-state index in [4.69, 9.17) is 0 Å². The first kappa shape index (κ1) is 11.7. The molecule has 1 atom stereocenters. The fourth-order valence-electron chi connectivity index (χ4n) is 1.55. The van der Waals surface area contributed by atoms with E-state index in [0.717, 1.165) is 18.5 Å². The number of aryl methyl sites for hydroxylation is 1. The molecular formula is C11H15N3S2. The molecule has 0 radical (unpaired) electrons. The molecule has 2 heterocycles. The number of hydrogen-bond acceptors (Lipinski definition) is 5. The van der Waals surface area contributed by atoms with Gasteiger partial charge in [0.15, 0.2) is 0 Å². The fourth-order valence-corrected chi connectivity index (χ4v) is 3.10. The van der Waals surface area contributed by atoms with Crippen molar-refractivity contribution >= 4 is 22.7 Å². The summed E-state index contributed by atoms with van der Waals surface area (Å²) in [5.74, 6) is 0. The standard InChI is InChI=1S/C11H15N3S2/c1-8-7-16-11(14-8)6-9(12-2)5-10-13-3-4-15-10/h3-4,7,9,12H,5-6H2,1-2H3. The first-order chi connectivity index (χ1) is 7.78.